The zero-order valence-corrected chi connectivity index (χ0v) is 25.9. The van der Waals surface area contributed by atoms with E-state index >= 15 is 0 Å². The summed E-state index contributed by atoms with van der Waals surface area (Å²) in [6.45, 7) is 5.47. The molecule has 1 aliphatic heterocycles. The molecule has 45 heavy (non-hydrogen) atoms. The van der Waals surface area contributed by atoms with Crippen LogP contribution in [0, 0.1) is 16.7 Å². The Labute approximate surface area is 260 Å². The van der Waals surface area contributed by atoms with Gasteiger partial charge in [0.1, 0.15) is 17.4 Å². The molecule has 0 fully saturated rings. The van der Waals surface area contributed by atoms with Gasteiger partial charge < -0.3 is 9.84 Å². The van der Waals surface area contributed by atoms with Crippen molar-refractivity contribution in [3.63, 3.8) is 0 Å². The van der Waals surface area contributed by atoms with Crippen molar-refractivity contribution in [2.45, 2.75) is 75.6 Å². The van der Waals surface area contributed by atoms with Gasteiger partial charge in [-0.25, -0.2) is 9.78 Å². The highest BCUT2D eigenvalue weighted by molar-refractivity contribution is 7.92. The number of carbonyl (C=O) groups is 1. The van der Waals surface area contributed by atoms with Crippen LogP contribution in [-0.4, -0.2) is 36.3 Å². The molecule has 4 rings (SSSR count). The normalized spacial score (nSPS) is 18.2. The molecule has 238 valence electrons. The summed E-state index contributed by atoms with van der Waals surface area (Å²) in [7, 11) is -4.14. The number of aliphatic hydroxyl groups excluding tert-OH is 1. The summed E-state index contributed by atoms with van der Waals surface area (Å²) in [5.41, 5.74) is -0.690. The number of alkyl halides is 3. The molecule has 0 saturated carbocycles. The number of nitrogens with zero attached hydrogens (tertiary/aromatic N) is 2. The van der Waals surface area contributed by atoms with Crippen molar-refractivity contribution in [2.75, 3.05) is 4.72 Å². The van der Waals surface area contributed by atoms with Crippen molar-refractivity contribution in [2.24, 2.45) is 5.41 Å². The number of nitrogens with one attached hydrogen (secondary N) is 1. The number of cyclic esters (lactones) is 1. The molecular weight excluding hydrogens is 607 g/mol. The number of nitriles is 1. The summed E-state index contributed by atoms with van der Waals surface area (Å²) < 4.78 is 74.3. The summed E-state index contributed by atoms with van der Waals surface area (Å²) in [6.07, 6.45) is -4.91. The molecule has 1 unspecified atom stereocenters. The average molecular weight is 642 g/mol. The van der Waals surface area contributed by atoms with Gasteiger partial charge in [0.05, 0.1) is 11.1 Å². The maximum absolute atomic E-state index is 13.7. The molecule has 2 heterocycles. The number of hydrogen-bond donors (Lipinski definition) is 2. The smallest absolute Gasteiger partial charge is 0.389 e. The van der Waals surface area contributed by atoms with Gasteiger partial charge in [-0.05, 0) is 60.1 Å². The zero-order chi connectivity index (χ0) is 33.0. The largest absolute Gasteiger partial charge is 0.512 e. The van der Waals surface area contributed by atoms with E-state index < -0.39 is 51.9 Å². The van der Waals surface area contributed by atoms with Crippen molar-refractivity contribution in [3.8, 4) is 6.07 Å². The number of aryl methyl sites for hydroxylation is 1. The van der Waals surface area contributed by atoms with E-state index in [-0.39, 0.29) is 40.5 Å². The van der Waals surface area contributed by atoms with Crippen molar-refractivity contribution in [1.29, 1.82) is 5.26 Å². The number of aliphatic hydroxyl groups is 1. The summed E-state index contributed by atoms with van der Waals surface area (Å²) in [5, 5.41) is 20.1. The topological polar surface area (TPSA) is 129 Å². The monoisotopic (exact) mass is 641 g/mol. The molecule has 0 spiro atoms. The predicted octanol–water partition coefficient (Wildman–Crippen LogP) is 7.36. The van der Waals surface area contributed by atoms with Gasteiger partial charge in [-0.15, -0.1) is 0 Å². The van der Waals surface area contributed by atoms with Crippen molar-refractivity contribution in [3.05, 3.63) is 101 Å². The Morgan fingerprint density at radius 2 is 1.78 bits per heavy atom. The Kier molecular flexibility index (Phi) is 9.63. The van der Waals surface area contributed by atoms with Gasteiger partial charge >= 0.3 is 12.1 Å². The third-order valence-corrected chi connectivity index (χ3v) is 8.97. The molecule has 2 N–H and O–H groups in total. The fourth-order valence-electron chi connectivity index (χ4n) is 5.57. The highest BCUT2D eigenvalue weighted by Crippen LogP contribution is 2.48. The minimum atomic E-state index is -4.49. The van der Waals surface area contributed by atoms with Gasteiger partial charge in [0, 0.05) is 30.6 Å². The number of aromatic nitrogens is 1. The van der Waals surface area contributed by atoms with E-state index in [1.54, 1.807) is 12.1 Å². The van der Waals surface area contributed by atoms with Crippen LogP contribution >= 0.6 is 0 Å². The second-order valence-corrected chi connectivity index (χ2v) is 13.9. The number of pyridine rings is 1. The number of ether oxygens (including phenoxy) is 1. The Morgan fingerprint density at radius 1 is 1.07 bits per heavy atom. The lowest BCUT2D eigenvalue weighted by molar-refractivity contribution is -0.174. The zero-order valence-electron chi connectivity index (χ0n) is 25.1. The molecule has 0 amide bonds. The van der Waals surface area contributed by atoms with Crippen LogP contribution in [0.15, 0.2) is 89.3 Å². The maximum Gasteiger partial charge on any atom is 0.389 e. The molecule has 0 bridgehead atoms. The number of rotatable bonds is 10. The number of benzene rings is 2. The minimum absolute atomic E-state index is 0.0804. The third-order valence-electron chi connectivity index (χ3n) is 7.67. The number of hydrogen-bond acceptors (Lipinski definition) is 7. The molecule has 0 saturated heterocycles. The number of carbonyl (C=O) groups excluding carboxylic acids is 1. The second kappa shape index (κ2) is 12.9. The molecular formula is C33H34F3N3O5S. The van der Waals surface area contributed by atoms with Crippen LogP contribution in [0.2, 0.25) is 0 Å². The Hall–Kier alpha value is -4.37. The SMILES string of the molecule is CC(C)(C)C(C1=C(O)C[C@@](CCc2ccccc2)(CCC(F)(F)F)OC1=O)c1cccc(NS(=O)(=O)c2ccc(C#N)cn2)c1. The Bertz CT molecular complexity index is 1710. The third kappa shape index (κ3) is 8.42. The van der Waals surface area contributed by atoms with Crippen molar-refractivity contribution >= 4 is 21.7 Å². The fourth-order valence-corrected chi connectivity index (χ4v) is 6.56. The average Bonchev–Trinajstić information content (AvgIpc) is 2.96. The quantitative estimate of drug-likeness (QED) is 0.221. The van der Waals surface area contributed by atoms with Crippen LogP contribution < -0.4 is 4.72 Å². The second-order valence-electron chi connectivity index (χ2n) is 12.2. The molecule has 2 atom stereocenters. The lowest BCUT2D eigenvalue weighted by Crippen LogP contribution is -2.43. The molecule has 0 radical (unpaired) electrons. The van der Waals surface area contributed by atoms with Crippen molar-refractivity contribution in [1.82, 2.24) is 4.98 Å². The number of esters is 1. The molecule has 3 aromatic rings. The molecule has 0 aliphatic carbocycles. The highest BCUT2D eigenvalue weighted by atomic mass is 32.2. The first kappa shape index (κ1) is 33.5. The van der Waals surface area contributed by atoms with Crippen LogP contribution in [0.4, 0.5) is 18.9 Å². The summed E-state index contributed by atoms with van der Waals surface area (Å²) in [5.74, 6) is -2.08. The van der Waals surface area contributed by atoms with Crippen LogP contribution in [0.5, 0.6) is 0 Å². The van der Waals surface area contributed by atoms with Crippen LogP contribution in [-0.2, 0) is 26.0 Å². The fraction of sp³-hybridized carbons (Fsp3) is 0.364. The lowest BCUT2D eigenvalue weighted by Gasteiger charge is -2.41. The number of anilines is 1. The molecule has 12 heteroatoms. The first-order chi connectivity index (χ1) is 21.0. The number of sulfonamides is 1. The standard InChI is InChI=1S/C33H34F3N3O5S/c1-31(2,3)29(24-10-7-11-25(18-24)39-45(42,43)27-13-12-23(20-37)21-38-27)28-26(40)19-32(44-30(28)41,16-17-33(34,35)36)15-14-22-8-5-4-6-9-22/h4-13,18,21,29,39-40H,14-17,19H2,1-3H3/t29?,32-/m1/s1. The first-order valence-electron chi connectivity index (χ1n) is 14.3. The maximum atomic E-state index is 13.7. The van der Waals surface area contributed by atoms with E-state index in [2.05, 4.69) is 9.71 Å². The van der Waals surface area contributed by atoms with Crippen molar-refractivity contribution < 1.29 is 36.2 Å². The van der Waals surface area contributed by atoms with E-state index in [1.165, 1.54) is 24.3 Å². The van der Waals surface area contributed by atoms with Gasteiger partial charge in [-0.2, -0.15) is 26.9 Å². The summed E-state index contributed by atoms with van der Waals surface area (Å²) in [4.78, 5) is 17.5. The van der Waals surface area contributed by atoms with E-state index in [4.69, 9.17) is 10.00 Å². The van der Waals surface area contributed by atoms with Crippen LogP contribution in [0.1, 0.15) is 69.1 Å². The lowest BCUT2D eigenvalue weighted by atomic mass is 9.70. The van der Waals surface area contributed by atoms with Gasteiger partial charge in [0.15, 0.2) is 5.03 Å². The van der Waals surface area contributed by atoms with E-state index in [9.17, 15) is 31.5 Å². The summed E-state index contributed by atoms with van der Waals surface area (Å²) in [6, 6.07) is 19.8. The number of halogens is 3. The Balaban J connectivity index is 1.68. The first-order valence-corrected chi connectivity index (χ1v) is 15.8. The molecule has 1 aromatic heterocycles. The molecule has 1 aliphatic rings. The van der Waals surface area contributed by atoms with Crippen LogP contribution in [0.3, 0.4) is 0 Å². The van der Waals surface area contributed by atoms with E-state index in [0.29, 0.717) is 12.0 Å². The van der Waals surface area contributed by atoms with E-state index in [1.807, 2.05) is 57.2 Å². The molecule has 8 nitrogen and oxygen atoms in total. The summed E-state index contributed by atoms with van der Waals surface area (Å²) >= 11 is 0. The van der Waals surface area contributed by atoms with Gasteiger partial charge in [0.2, 0.25) is 0 Å². The molecule has 2 aromatic carbocycles. The van der Waals surface area contributed by atoms with Gasteiger partial charge in [0.25, 0.3) is 10.0 Å². The van der Waals surface area contributed by atoms with E-state index in [0.717, 1.165) is 11.8 Å². The minimum Gasteiger partial charge on any atom is -0.512 e. The highest BCUT2D eigenvalue weighted by Gasteiger charge is 2.47. The van der Waals surface area contributed by atoms with Crippen LogP contribution in [0.25, 0.3) is 0 Å². The Morgan fingerprint density at radius 3 is 2.36 bits per heavy atom. The predicted molar refractivity (Wildman–Crippen MR) is 162 cm³/mol. The van der Waals surface area contributed by atoms with Gasteiger partial charge in [-0.3, -0.25) is 4.72 Å². The van der Waals surface area contributed by atoms with Gasteiger partial charge in [-0.1, -0.05) is 63.2 Å².